The molecular formula is C24H38O2. The Morgan fingerprint density at radius 2 is 1.15 bits per heavy atom. The van der Waals surface area contributed by atoms with Crippen LogP contribution >= 0.6 is 0 Å². The Morgan fingerprint density at radius 3 is 1.73 bits per heavy atom. The number of ether oxygens (including phenoxy) is 1. The second-order valence-electron chi connectivity index (χ2n) is 6.31. The molecule has 0 N–H and O–H groups in total. The van der Waals surface area contributed by atoms with Crippen molar-refractivity contribution in [2.75, 3.05) is 6.61 Å². The maximum Gasteiger partial charge on any atom is 0.330 e. The number of carbonyl (C=O) groups excluding carboxylic acids is 1. The monoisotopic (exact) mass is 358 g/mol. The topological polar surface area (TPSA) is 26.3 Å². The second-order valence-corrected chi connectivity index (χ2v) is 6.31. The van der Waals surface area contributed by atoms with E-state index in [1.165, 1.54) is 70.3 Å². The molecule has 0 aromatic rings. The molecule has 0 atom stereocenters. The van der Waals surface area contributed by atoms with Crippen LogP contribution in [0.15, 0.2) is 60.8 Å². The van der Waals surface area contributed by atoms with Gasteiger partial charge in [-0.2, -0.15) is 0 Å². The van der Waals surface area contributed by atoms with Gasteiger partial charge in [0.25, 0.3) is 0 Å². The van der Waals surface area contributed by atoms with Crippen LogP contribution in [0.25, 0.3) is 0 Å². The van der Waals surface area contributed by atoms with Gasteiger partial charge >= 0.3 is 5.97 Å². The largest absolute Gasteiger partial charge is 0.463 e. The molecule has 2 heteroatoms. The van der Waals surface area contributed by atoms with Gasteiger partial charge in [0.05, 0.1) is 6.61 Å². The highest BCUT2D eigenvalue weighted by molar-refractivity contribution is 5.82. The Hall–Kier alpha value is -1.83. The van der Waals surface area contributed by atoms with Crippen molar-refractivity contribution in [1.29, 1.82) is 0 Å². The lowest BCUT2D eigenvalue weighted by molar-refractivity contribution is -0.137. The summed E-state index contributed by atoms with van der Waals surface area (Å²) in [5, 5.41) is 0. The zero-order chi connectivity index (χ0) is 19.1. The summed E-state index contributed by atoms with van der Waals surface area (Å²) < 4.78 is 4.78. The Labute approximate surface area is 161 Å². The fourth-order valence-electron chi connectivity index (χ4n) is 2.46. The lowest BCUT2D eigenvalue weighted by Crippen LogP contribution is -1.98. The van der Waals surface area contributed by atoms with Crippen LogP contribution in [-0.2, 0) is 9.53 Å². The van der Waals surface area contributed by atoms with Crippen LogP contribution in [-0.4, -0.2) is 12.6 Å². The van der Waals surface area contributed by atoms with Crippen LogP contribution in [0.3, 0.4) is 0 Å². The minimum Gasteiger partial charge on any atom is -0.463 e. The van der Waals surface area contributed by atoms with E-state index in [-0.39, 0.29) is 5.97 Å². The van der Waals surface area contributed by atoms with Gasteiger partial charge in [-0.25, -0.2) is 4.79 Å². The molecule has 0 amide bonds. The highest BCUT2D eigenvalue weighted by Gasteiger charge is 1.91. The van der Waals surface area contributed by atoms with Crippen molar-refractivity contribution in [3.05, 3.63) is 60.8 Å². The first-order valence-corrected chi connectivity index (χ1v) is 10.3. The number of unbranched alkanes of at least 4 members (excludes halogenated alkanes) is 9. The third-order valence-corrected chi connectivity index (χ3v) is 3.91. The van der Waals surface area contributed by atoms with Crippen molar-refractivity contribution in [3.8, 4) is 0 Å². The average Bonchev–Trinajstić information content (AvgIpc) is 2.64. The summed E-state index contributed by atoms with van der Waals surface area (Å²) in [6.45, 7) is 4.47. The van der Waals surface area contributed by atoms with Crippen LogP contribution in [0.1, 0.15) is 78.1 Å². The van der Waals surface area contributed by atoms with Gasteiger partial charge in [-0.05, 0) is 19.8 Å². The van der Waals surface area contributed by atoms with Gasteiger partial charge in [-0.3, -0.25) is 0 Å². The number of hydrogen-bond donors (Lipinski definition) is 0. The highest BCUT2D eigenvalue weighted by Crippen LogP contribution is 2.10. The van der Waals surface area contributed by atoms with Crippen LogP contribution < -0.4 is 0 Å². The van der Waals surface area contributed by atoms with E-state index >= 15 is 0 Å². The van der Waals surface area contributed by atoms with E-state index in [0.29, 0.717) is 6.61 Å². The van der Waals surface area contributed by atoms with Crippen LogP contribution in [0.5, 0.6) is 0 Å². The first-order chi connectivity index (χ1) is 12.8. The summed E-state index contributed by atoms with van der Waals surface area (Å²) in [4.78, 5) is 11.0. The molecule has 2 nitrogen and oxygen atoms in total. The van der Waals surface area contributed by atoms with E-state index in [4.69, 9.17) is 4.74 Å². The summed E-state index contributed by atoms with van der Waals surface area (Å²) in [6, 6.07) is 0. The summed E-state index contributed by atoms with van der Waals surface area (Å²) >= 11 is 0. The average molecular weight is 359 g/mol. The standard InChI is InChI=1S/C24H38O2/c1-3-5-6-7-8-9-10-11-12-13-14-15-16-17-18-19-20-21-22-23-24(25)26-4-2/h14-23H,3-13H2,1-2H3/b15-14-,17-16+,19-18?,21-20?,23-22?. The van der Waals surface area contributed by atoms with Gasteiger partial charge in [0, 0.05) is 6.08 Å². The van der Waals surface area contributed by atoms with Crippen LogP contribution in [0, 0.1) is 0 Å². The molecular weight excluding hydrogens is 320 g/mol. The third-order valence-electron chi connectivity index (χ3n) is 3.91. The molecule has 0 saturated carbocycles. The van der Waals surface area contributed by atoms with Crippen molar-refractivity contribution >= 4 is 5.97 Å². The number of esters is 1. The van der Waals surface area contributed by atoms with Gasteiger partial charge in [-0.1, -0.05) is 113 Å². The van der Waals surface area contributed by atoms with E-state index in [1.807, 2.05) is 30.4 Å². The quantitative estimate of drug-likeness (QED) is 0.126. The van der Waals surface area contributed by atoms with Crippen molar-refractivity contribution in [3.63, 3.8) is 0 Å². The Morgan fingerprint density at radius 1 is 0.654 bits per heavy atom. The van der Waals surface area contributed by atoms with Crippen molar-refractivity contribution in [2.24, 2.45) is 0 Å². The Balaban J connectivity index is 3.51. The fraction of sp³-hybridized carbons (Fsp3) is 0.542. The molecule has 0 aromatic carbocycles. The van der Waals surface area contributed by atoms with E-state index < -0.39 is 0 Å². The van der Waals surface area contributed by atoms with Gasteiger partial charge in [0.2, 0.25) is 0 Å². The SMILES string of the molecule is CCCCCCCCCCC/C=C\C=C\C=CC=CC=CC(=O)OCC. The smallest absolute Gasteiger partial charge is 0.330 e. The Bertz CT molecular complexity index is 453. The zero-order valence-corrected chi connectivity index (χ0v) is 16.9. The van der Waals surface area contributed by atoms with Crippen molar-refractivity contribution in [1.82, 2.24) is 0 Å². The molecule has 0 heterocycles. The molecule has 0 fully saturated rings. The highest BCUT2D eigenvalue weighted by atomic mass is 16.5. The lowest BCUT2D eigenvalue weighted by atomic mass is 10.1. The number of hydrogen-bond acceptors (Lipinski definition) is 2. The van der Waals surface area contributed by atoms with E-state index in [0.717, 1.165) is 0 Å². The Kier molecular flexibility index (Phi) is 19.7. The predicted octanol–water partition coefficient (Wildman–Crippen LogP) is 7.25. The first kappa shape index (κ1) is 24.2. The lowest BCUT2D eigenvalue weighted by Gasteiger charge is -2.00. The molecule has 26 heavy (non-hydrogen) atoms. The first-order valence-electron chi connectivity index (χ1n) is 10.3. The second kappa shape index (κ2) is 21.2. The molecule has 0 aliphatic rings. The van der Waals surface area contributed by atoms with E-state index in [9.17, 15) is 4.79 Å². The molecule has 0 saturated heterocycles. The maximum atomic E-state index is 11.0. The molecule has 0 aliphatic heterocycles. The maximum absolute atomic E-state index is 11.0. The predicted molar refractivity (Wildman–Crippen MR) is 114 cm³/mol. The molecule has 0 aromatic heterocycles. The van der Waals surface area contributed by atoms with Gasteiger partial charge in [0.15, 0.2) is 0 Å². The molecule has 0 bridgehead atoms. The molecule has 0 radical (unpaired) electrons. The summed E-state index contributed by atoms with van der Waals surface area (Å²) in [5.41, 5.74) is 0. The molecule has 146 valence electrons. The summed E-state index contributed by atoms with van der Waals surface area (Å²) in [5.74, 6) is -0.307. The minimum atomic E-state index is -0.307. The fourth-order valence-corrected chi connectivity index (χ4v) is 2.46. The number of allylic oxidation sites excluding steroid dienone is 9. The minimum absolute atomic E-state index is 0.307. The van der Waals surface area contributed by atoms with Gasteiger partial charge in [0.1, 0.15) is 0 Å². The molecule has 0 spiro atoms. The molecule has 0 unspecified atom stereocenters. The summed E-state index contributed by atoms with van der Waals surface area (Å²) in [7, 11) is 0. The molecule has 0 rings (SSSR count). The molecule has 0 aliphatic carbocycles. The van der Waals surface area contributed by atoms with Gasteiger partial charge < -0.3 is 4.74 Å². The number of carbonyl (C=O) groups is 1. The van der Waals surface area contributed by atoms with Gasteiger partial charge in [-0.15, -0.1) is 0 Å². The third kappa shape index (κ3) is 20.2. The van der Waals surface area contributed by atoms with Crippen molar-refractivity contribution in [2.45, 2.75) is 78.1 Å². The summed E-state index contributed by atoms with van der Waals surface area (Å²) in [6.07, 6.45) is 32.7. The van der Waals surface area contributed by atoms with Crippen molar-refractivity contribution < 1.29 is 9.53 Å². The number of rotatable bonds is 16. The van der Waals surface area contributed by atoms with Crippen LogP contribution in [0.4, 0.5) is 0 Å². The van der Waals surface area contributed by atoms with Crippen LogP contribution in [0.2, 0.25) is 0 Å². The zero-order valence-electron chi connectivity index (χ0n) is 16.9. The van der Waals surface area contributed by atoms with E-state index in [2.05, 4.69) is 19.1 Å². The van der Waals surface area contributed by atoms with E-state index in [1.54, 1.807) is 19.1 Å². The normalized spacial score (nSPS) is 12.5.